The van der Waals surface area contributed by atoms with Gasteiger partial charge < -0.3 is 29.4 Å². The lowest BCUT2D eigenvalue weighted by Gasteiger charge is -2.17. The number of nitrogens with one attached hydrogen (secondary N) is 2. The van der Waals surface area contributed by atoms with Crippen molar-refractivity contribution in [2.24, 2.45) is 4.99 Å². The summed E-state index contributed by atoms with van der Waals surface area (Å²) in [6.07, 6.45) is 3.64. The van der Waals surface area contributed by atoms with Crippen LogP contribution < -0.4 is 10.6 Å². The van der Waals surface area contributed by atoms with E-state index in [0.29, 0.717) is 13.2 Å². The van der Waals surface area contributed by atoms with Gasteiger partial charge in [0, 0.05) is 40.4 Å². The van der Waals surface area contributed by atoms with Crippen molar-refractivity contribution in [2.45, 2.75) is 19.4 Å². The zero-order valence-electron chi connectivity index (χ0n) is 15.6. The Labute approximate surface area is 168 Å². The average molecular weight is 468 g/mol. The van der Waals surface area contributed by atoms with Crippen molar-refractivity contribution in [1.82, 2.24) is 15.5 Å². The first-order valence-corrected chi connectivity index (χ1v) is 8.48. The summed E-state index contributed by atoms with van der Waals surface area (Å²) in [5.41, 5.74) is 0. The van der Waals surface area contributed by atoms with Crippen LogP contribution >= 0.6 is 24.0 Å². The van der Waals surface area contributed by atoms with Gasteiger partial charge in [0.15, 0.2) is 5.96 Å². The summed E-state index contributed by atoms with van der Waals surface area (Å²) < 4.78 is 15.8. The molecule has 2 N–H and O–H groups in total. The van der Waals surface area contributed by atoms with E-state index in [-0.39, 0.29) is 24.0 Å². The van der Waals surface area contributed by atoms with Gasteiger partial charge in [-0.05, 0) is 38.6 Å². The van der Waals surface area contributed by atoms with E-state index >= 15 is 0 Å². The fourth-order valence-corrected chi connectivity index (χ4v) is 2.08. The third-order valence-corrected chi connectivity index (χ3v) is 3.49. The minimum absolute atomic E-state index is 0. The topological polar surface area (TPSA) is 71.3 Å². The summed E-state index contributed by atoms with van der Waals surface area (Å²) >= 11 is 0. The molecule has 0 aliphatic heterocycles. The second kappa shape index (κ2) is 16.6. The van der Waals surface area contributed by atoms with Crippen molar-refractivity contribution in [3.63, 3.8) is 0 Å². The molecule has 7 nitrogen and oxygen atoms in total. The van der Waals surface area contributed by atoms with E-state index in [0.717, 1.165) is 57.3 Å². The molecule has 0 saturated heterocycles. The van der Waals surface area contributed by atoms with E-state index in [2.05, 4.69) is 27.6 Å². The molecule has 1 aromatic rings. The van der Waals surface area contributed by atoms with E-state index in [1.54, 1.807) is 20.4 Å². The molecule has 0 spiro atoms. The summed E-state index contributed by atoms with van der Waals surface area (Å²) in [6.45, 7) is 5.70. The molecule has 146 valence electrons. The van der Waals surface area contributed by atoms with Crippen LogP contribution in [-0.4, -0.2) is 71.5 Å². The Morgan fingerprint density at radius 3 is 2.60 bits per heavy atom. The summed E-state index contributed by atoms with van der Waals surface area (Å²) in [4.78, 5) is 6.48. The number of methoxy groups -OCH3 is 1. The van der Waals surface area contributed by atoms with E-state index in [9.17, 15) is 0 Å². The molecule has 0 saturated carbocycles. The minimum atomic E-state index is 0. The molecular weight excluding hydrogens is 435 g/mol. The Bertz CT molecular complexity index is 430. The number of ether oxygens (including phenoxy) is 2. The molecule has 0 amide bonds. The standard InChI is InChI=1S/C17H32N4O3.HI/c1-18-17(19-8-5-10-21(2)11-14-22-3)20-9-6-12-23-15-16-7-4-13-24-16;/h4,7,13H,5-6,8-12,14-15H2,1-3H3,(H2,18,19,20);1H. The van der Waals surface area contributed by atoms with Gasteiger partial charge in [0.1, 0.15) is 12.4 Å². The van der Waals surface area contributed by atoms with Crippen LogP contribution in [0.15, 0.2) is 27.8 Å². The molecule has 0 fully saturated rings. The average Bonchev–Trinajstić information content (AvgIpc) is 3.11. The van der Waals surface area contributed by atoms with Gasteiger partial charge in [0.25, 0.3) is 0 Å². The molecule has 0 aliphatic carbocycles. The van der Waals surface area contributed by atoms with Crippen LogP contribution in [0.5, 0.6) is 0 Å². The number of nitrogens with zero attached hydrogens (tertiary/aromatic N) is 2. The Hall–Kier alpha value is -0.840. The SMILES string of the molecule is CN=C(NCCCOCc1ccco1)NCCCN(C)CCOC.I. The van der Waals surface area contributed by atoms with Crippen molar-refractivity contribution in [3.05, 3.63) is 24.2 Å². The van der Waals surface area contributed by atoms with Crippen LogP contribution in [0.1, 0.15) is 18.6 Å². The van der Waals surface area contributed by atoms with Crippen molar-refractivity contribution < 1.29 is 13.9 Å². The van der Waals surface area contributed by atoms with E-state index in [1.165, 1.54) is 0 Å². The van der Waals surface area contributed by atoms with Gasteiger partial charge in [-0.3, -0.25) is 4.99 Å². The van der Waals surface area contributed by atoms with Gasteiger partial charge in [-0.15, -0.1) is 24.0 Å². The number of hydrogen-bond donors (Lipinski definition) is 2. The number of guanidine groups is 1. The van der Waals surface area contributed by atoms with Crippen LogP contribution in [0.2, 0.25) is 0 Å². The molecule has 1 heterocycles. The molecule has 1 rings (SSSR count). The third-order valence-electron chi connectivity index (χ3n) is 3.49. The van der Waals surface area contributed by atoms with Crippen molar-refractivity contribution in [3.8, 4) is 0 Å². The first kappa shape index (κ1) is 24.2. The normalized spacial score (nSPS) is 11.4. The van der Waals surface area contributed by atoms with Gasteiger partial charge in [-0.25, -0.2) is 0 Å². The van der Waals surface area contributed by atoms with Crippen LogP contribution in [0.4, 0.5) is 0 Å². The molecule has 8 heteroatoms. The zero-order chi connectivity index (χ0) is 17.5. The lowest BCUT2D eigenvalue weighted by atomic mass is 10.4. The Morgan fingerprint density at radius 1 is 1.20 bits per heavy atom. The molecule has 0 aliphatic rings. The molecular formula is C17H33IN4O3. The lowest BCUT2D eigenvalue weighted by molar-refractivity contribution is 0.105. The lowest BCUT2D eigenvalue weighted by Crippen LogP contribution is -2.39. The first-order chi connectivity index (χ1) is 11.8. The second-order valence-electron chi connectivity index (χ2n) is 5.56. The monoisotopic (exact) mass is 468 g/mol. The Morgan fingerprint density at radius 2 is 1.96 bits per heavy atom. The van der Waals surface area contributed by atoms with Crippen molar-refractivity contribution >= 4 is 29.9 Å². The second-order valence-corrected chi connectivity index (χ2v) is 5.56. The largest absolute Gasteiger partial charge is 0.467 e. The molecule has 25 heavy (non-hydrogen) atoms. The van der Waals surface area contributed by atoms with Gasteiger partial charge in [0.2, 0.25) is 0 Å². The number of halogens is 1. The fraction of sp³-hybridized carbons (Fsp3) is 0.706. The maximum atomic E-state index is 5.54. The summed E-state index contributed by atoms with van der Waals surface area (Å²) in [6, 6.07) is 3.78. The van der Waals surface area contributed by atoms with Crippen LogP contribution in [0, 0.1) is 0 Å². The Balaban J connectivity index is 0.00000576. The van der Waals surface area contributed by atoms with Crippen molar-refractivity contribution in [1.29, 1.82) is 0 Å². The molecule has 0 bridgehead atoms. The predicted octanol–water partition coefficient (Wildman–Crippen LogP) is 1.94. The van der Waals surface area contributed by atoms with Crippen LogP contribution in [-0.2, 0) is 16.1 Å². The van der Waals surface area contributed by atoms with Crippen LogP contribution in [0.3, 0.4) is 0 Å². The maximum absolute atomic E-state index is 5.54. The van der Waals surface area contributed by atoms with Gasteiger partial charge in [-0.2, -0.15) is 0 Å². The van der Waals surface area contributed by atoms with Gasteiger partial charge in [0.05, 0.1) is 12.9 Å². The van der Waals surface area contributed by atoms with Gasteiger partial charge in [-0.1, -0.05) is 0 Å². The van der Waals surface area contributed by atoms with Gasteiger partial charge >= 0.3 is 0 Å². The number of hydrogen-bond acceptors (Lipinski definition) is 5. The molecule has 0 unspecified atom stereocenters. The van der Waals surface area contributed by atoms with Crippen molar-refractivity contribution in [2.75, 3.05) is 60.6 Å². The molecule has 0 radical (unpaired) electrons. The Kier molecular flexibility index (Phi) is 16.1. The summed E-state index contributed by atoms with van der Waals surface area (Å²) in [7, 11) is 5.62. The smallest absolute Gasteiger partial charge is 0.190 e. The number of rotatable bonds is 13. The number of likely N-dealkylation sites (N-methyl/N-ethyl adjacent to an activating group) is 1. The third kappa shape index (κ3) is 13.1. The molecule has 0 aromatic carbocycles. The maximum Gasteiger partial charge on any atom is 0.190 e. The summed E-state index contributed by atoms with van der Waals surface area (Å²) in [5, 5.41) is 6.61. The van der Waals surface area contributed by atoms with E-state index in [4.69, 9.17) is 13.9 Å². The van der Waals surface area contributed by atoms with Crippen LogP contribution in [0.25, 0.3) is 0 Å². The first-order valence-electron chi connectivity index (χ1n) is 8.48. The predicted molar refractivity (Wildman–Crippen MR) is 112 cm³/mol. The number of aliphatic imine (C=N–C) groups is 1. The molecule has 0 atom stereocenters. The summed E-state index contributed by atoms with van der Waals surface area (Å²) in [5.74, 6) is 1.69. The minimum Gasteiger partial charge on any atom is -0.467 e. The zero-order valence-corrected chi connectivity index (χ0v) is 18.0. The quantitative estimate of drug-likeness (QED) is 0.200. The highest BCUT2D eigenvalue weighted by Gasteiger charge is 2.00. The highest BCUT2D eigenvalue weighted by molar-refractivity contribution is 14.0. The molecule has 1 aromatic heterocycles. The van der Waals surface area contributed by atoms with E-state index < -0.39 is 0 Å². The highest BCUT2D eigenvalue weighted by atomic mass is 127. The fourth-order valence-electron chi connectivity index (χ4n) is 2.08. The van der Waals surface area contributed by atoms with E-state index in [1.807, 2.05) is 12.1 Å². The number of furan rings is 1. The highest BCUT2D eigenvalue weighted by Crippen LogP contribution is 2.01.